The third-order valence-corrected chi connectivity index (χ3v) is 5.57. The zero-order valence-electron chi connectivity index (χ0n) is 16.3. The van der Waals surface area contributed by atoms with Crippen molar-refractivity contribution in [1.82, 2.24) is 10.9 Å². The van der Waals surface area contributed by atoms with Crippen LogP contribution in [0.15, 0.2) is 90.3 Å². The lowest BCUT2D eigenvalue weighted by Crippen LogP contribution is -2.35. The van der Waals surface area contributed by atoms with Crippen molar-refractivity contribution in [3.8, 4) is 5.75 Å². The van der Waals surface area contributed by atoms with Crippen LogP contribution in [0.2, 0.25) is 0 Å². The van der Waals surface area contributed by atoms with E-state index < -0.39 is 15.9 Å². The number of ether oxygens (including phenoxy) is 1. The molecule has 30 heavy (non-hydrogen) atoms. The number of para-hydroxylation sites is 2. The van der Waals surface area contributed by atoms with E-state index in [1.807, 2.05) is 30.3 Å². The average molecular weight is 423 g/mol. The number of hydrogen-bond donors (Lipinski definition) is 3. The van der Waals surface area contributed by atoms with E-state index in [9.17, 15) is 13.2 Å². The molecule has 0 heterocycles. The first-order valence-corrected chi connectivity index (χ1v) is 10.5. The fourth-order valence-corrected chi connectivity index (χ4v) is 3.77. The van der Waals surface area contributed by atoms with Crippen molar-refractivity contribution in [1.29, 1.82) is 0 Å². The Bertz CT molecular complexity index is 1160. The molecule has 0 radical (unpaired) electrons. The molecule has 0 aliphatic carbocycles. The van der Waals surface area contributed by atoms with Gasteiger partial charge in [-0.15, -0.1) is 0 Å². The van der Waals surface area contributed by atoms with Crippen LogP contribution in [0.3, 0.4) is 0 Å². The molecule has 154 valence electrons. The minimum absolute atomic E-state index is 0.0528. The summed E-state index contributed by atoms with van der Waals surface area (Å²) >= 11 is 0. The van der Waals surface area contributed by atoms with E-state index in [0.29, 0.717) is 17.1 Å². The van der Waals surface area contributed by atoms with Crippen LogP contribution in [0.5, 0.6) is 5.75 Å². The molecule has 3 rings (SSSR count). The van der Waals surface area contributed by atoms with Crippen molar-refractivity contribution in [3.05, 3.63) is 96.6 Å². The minimum atomic E-state index is -3.92. The smallest absolute Gasteiger partial charge is 0.269 e. The highest BCUT2D eigenvalue weighted by Crippen LogP contribution is 2.26. The van der Waals surface area contributed by atoms with E-state index in [2.05, 4.69) is 22.2 Å². The normalized spacial score (nSPS) is 10.7. The minimum Gasteiger partial charge on any atom is -0.495 e. The van der Waals surface area contributed by atoms with Crippen LogP contribution in [-0.2, 0) is 10.0 Å². The predicted octanol–water partition coefficient (Wildman–Crippen LogP) is 3.40. The van der Waals surface area contributed by atoms with Gasteiger partial charge in [-0.1, -0.05) is 55.1 Å². The maximum atomic E-state index is 12.8. The zero-order chi connectivity index (χ0) is 21.6. The molecule has 7 nitrogen and oxygen atoms in total. The van der Waals surface area contributed by atoms with Crippen LogP contribution in [-0.4, -0.2) is 21.4 Å². The maximum Gasteiger partial charge on any atom is 0.269 e. The SMILES string of the molecule is C=C(NNC(=O)c1cccc(S(=O)(=O)Nc2ccccc2OC)c1)c1ccccc1. The van der Waals surface area contributed by atoms with E-state index in [-0.39, 0.29) is 10.5 Å². The standard InChI is InChI=1S/C22H21N3O4S/c1-16(17-9-4-3-5-10-17)23-24-22(26)18-11-8-12-19(15-18)30(27,28)25-20-13-6-7-14-21(20)29-2/h3-15,23,25H,1H2,2H3,(H,24,26). The lowest BCUT2D eigenvalue weighted by Gasteiger charge is -2.13. The molecule has 0 aromatic heterocycles. The molecule has 0 spiro atoms. The summed E-state index contributed by atoms with van der Waals surface area (Å²) in [6.45, 7) is 3.87. The molecule has 1 amide bonds. The first kappa shape index (κ1) is 20.9. The van der Waals surface area contributed by atoms with Crippen molar-refractivity contribution < 1.29 is 17.9 Å². The molecule has 0 bridgehead atoms. The van der Waals surface area contributed by atoms with Gasteiger partial charge in [0.2, 0.25) is 0 Å². The summed E-state index contributed by atoms with van der Waals surface area (Å²) in [5.74, 6) is -0.111. The maximum absolute atomic E-state index is 12.8. The summed E-state index contributed by atoms with van der Waals surface area (Å²) in [4.78, 5) is 12.4. The summed E-state index contributed by atoms with van der Waals surface area (Å²) in [5, 5.41) is 0. The number of hydrogen-bond acceptors (Lipinski definition) is 5. The number of carbonyl (C=O) groups is 1. The Hall–Kier alpha value is -3.78. The van der Waals surface area contributed by atoms with Gasteiger partial charge in [-0.05, 0) is 35.9 Å². The first-order chi connectivity index (χ1) is 14.4. The number of amides is 1. The number of benzene rings is 3. The van der Waals surface area contributed by atoms with E-state index in [4.69, 9.17) is 4.74 Å². The van der Waals surface area contributed by atoms with Gasteiger partial charge in [-0.2, -0.15) is 0 Å². The summed E-state index contributed by atoms with van der Waals surface area (Å²) in [5.41, 5.74) is 7.05. The molecule has 0 fully saturated rings. The van der Waals surface area contributed by atoms with Crippen molar-refractivity contribution in [2.24, 2.45) is 0 Å². The fraction of sp³-hybridized carbons (Fsp3) is 0.0455. The molecule has 0 unspecified atom stereocenters. The Labute approximate surface area is 175 Å². The highest BCUT2D eigenvalue weighted by molar-refractivity contribution is 7.92. The molecular formula is C22H21N3O4S. The van der Waals surface area contributed by atoms with Gasteiger partial charge in [0, 0.05) is 5.56 Å². The number of nitrogens with one attached hydrogen (secondary N) is 3. The molecule has 3 aromatic carbocycles. The lowest BCUT2D eigenvalue weighted by atomic mass is 10.2. The molecule has 0 aliphatic rings. The molecule has 3 aromatic rings. The van der Waals surface area contributed by atoms with Crippen LogP contribution >= 0.6 is 0 Å². The zero-order valence-corrected chi connectivity index (χ0v) is 17.1. The van der Waals surface area contributed by atoms with Crippen LogP contribution in [0.1, 0.15) is 15.9 Å². The van der Waals surface area contributed by atoms with Gasteiger partial charge >= 0.3 is 0 Å². The molecule has 0 atom stereocenters. The molecule has 0 saturated carbocycles. The quantitative estimate of drug-likeness (QED) is 0.483. The Morgan fingerprint density at radius 2 is 1.53 bits per heavy atom. The second-order valence-corrected chi connectivity index (χ2v) is 7.94. The number of rotatable bonds is 8. The van der Waals surface area contributed by atoms with E-state index in [1.54, 1.807) is 24.3 Å². The summed E-state index contributed by atoms with van der Waals surface area (Å²) < 4.78 is 33.2. The van der Waals surface area contributed by atoms with Gasteiger partial charge < -0.3 is 4.74 Å². The largest absolute Gasteiger partial charge is 0.495 e. The number of carbonyl (C=O) groups excluding carboxylic acids is 1. The lowest BCUT2D eigenvalue weighted by molar-refractivity contribution is 0.0942. The van der Waals surface area contributed by atoms with Crippen molar-refractivity contribution in [3.63, 3.8) is 0 Å². The summed E-state index contributed by atoms with van der Waals surface area (Å²) in [6, 6.07) is 21.6. The van der Waals surface area contributed by atoms with Crippen LogP contribution < -0.4 is 20.3 Å². The van der Waals surface area contributed by atoms with E-state index in [1.165, 1.54) is 31.4 Å². The third kappa shape index (κ3) is 4.98. The van der Waals surface area contributed by atoms with Gasteiger partial charge in [-0.3, -0.25) is 20.4 Å². The number of sulfonamides is 1. The Morgan fingerprint density at radius 3 is 2.27 bits per heavy atom. The summed E-state index contributed by atoms with van der Waals surface area (Å²) in [7, 11) is -2.47. The number of hydrazine groups is 1. The van der Waals surface area contributed by atoms with Gasteiger partial charge in [-0.25, -0.2) is 8.42 Å². The molecule has 8 heteroatoms. The van der Waals surface area contributed by atoms with Crippen LogP contribution in [0.4, 0.5) is 5.69 Å². The number of methoxy groups -OCH3 is 1. The highest BCUT2D eigenvalue weighted by atomic mass is 32.2. The van der Waals surface area contributed by atoms with Gasteiger partial charge in [0.05, 0.1) is 23.4 Å². The molecule has 0 aliphatic heterocycles. The highest BCUT2D eigenvalue weighted by Gasteiger charge is 2.18. The van der Waals surface area contributed by atoms with E-state index in [0.717, 1.165) is 5.56 Å². The van der Waals surface area contributed by atoms with Gasteiger partial charge in [0.1, 0.15) is 5.75 Å². The summed E-state index contributed by atoms with van der Waals surface area (Å²) in [6.07, 6.45) is 0. The topological polar surface area (TPSA) is 96.5 Å². The second-order valence-electron chi connectivity index (χ2n) is 6.26. The van der Waals surface area contributed by atoms with Crippen LogP contribution in [0, 0.1) is 0 Å². The monoisotopic (exact) mass is 423 g/mol. The third-order valence-electron chi connectivity index (χ3n) is 4.21. The van der Waals surface area contributed by atoms with Crippen molar-refractivity contribution >= 4 is 27.3 Å². The van der Waals surface area contributed by atoms with E-state index >= 15 is 0 Å². The Balaban J connectivity index is 1.73. The van der Waals surface area contributed by atoms with Crippen LogP contribution in [0.25, 0.3) is 5.70 Å². The van der Waals surface area contributed by atoms with Crippen molar-refractivity contribution in [2.45, 2.75) is 4.90 Å². The number of anilines is 1. The molecule has 0 saturated heterocycles. The Kier molecular flexibility index (Phi) is 6.38. The molecule has 3 N–H and O–H groups in total. The first-order valence-electron chi connectivity index (χ1n) is 8.97. The van der Waals surface area contributed by atoms with Crippen molar-refractivity contribution in [2.75, 3.05) is 11.8 Å². The average Bonchev–Trinajstić information content (AvgIpc) is 2.78. The fourth-order valence-electron chi connectivity index (χ4n) is 2.65. The van der Waals surface area contributed by atoms with Gasteiger partial charge in [0.15, 0.2) is 0 Å². The molecular weight excluding hydrogens is 402 g/mol. The van der Waals surface area contributed by atoms with Gasteiger partial charge in [0.25, 0.3) is 15.9 Å². The second kappa shape index (κ2) is 9.15. The predicted molar refractivity (Wildman–Crippen MR) is 116 cm³/mol. The Morgan fingerprint density at radius 1 is 0.867 bits per heavy atom.